The Morgan fingerprint density at radius 1 is 0.667 bits per heavy atom. The monoisotopic (exact) mass is 348 g/mol. The Bertz CT molecular complexity index is 222. The van der Waals surface area contributed by atoms with E-state index in [0.29, 0.717) is 0 Å². The molecule has 2 atom stereocenters. The van der Waals surface area contributed by atoms with Crippen LogP contribution in [0.1, 0.15) is 92.9 Å². The molecule has 0 saturated heterocycles. The Morgan fingerprint density at radius 3 is 1.00 bits per heavy atom. The average Bonchev–Trinajstić information content (AvgIpc) is 2.49. The van der Waals surface area contributed by atoms with E-state index in [1.54, 1.807) is 0 Å². The van der Waals surface area contributed by atoms with Crippen LogP contribution in [-0.4, -0.2) is 12.3 Å². The highest BCUT2D eigenvalue weighted by Gasteiger charge is 1.95. The van der Waals surface area contributed by atoms with Crippen LogP contribution in [0.15, 0.2) is 0 Å². The Balaban J connectivity index is -0.000000117. The zero-order chi connectivity index (χ0) is 20.0. The summed E-state index contributed by atoms with van der Waals surface area (Å²) in [6.07, 6.45) is 6.40. The van der Waals surface area contributed by atoms with E-state index >= 15 is 0 Å². The first-order valence-corrected chi connectivity index (χ1v) is 8.84. The number of hydrogen-bond acceptors (Lipinski definition) is 6. The van der Waals surface area contributed by atoms with Crippen molar-refractivity contribution in [1.82, 2.24) is 0 Å². The normalized spacial score (nSPS) is 11.2. The van der Waals surface area contributed by atoms with Gasteiger partial charge in [-0.3, -0.25) is 0 Å². The predicted octanol–water partition coefficient (Wildman–Crippen LogP) is 1.55. The average molecular weight is 348 g/mol. The molecule has 0 amide bonds. The molecule has 0 aromatic heterocycles. The SMILES string of the molecule is CCCCC(C)CC.CCCCC(C)CC.O=C([O-])[O-].O=C([O-])[O-]. The Labute approximate surface area is 147 Å². The summed E-state index contributed by atoms with van der Waals surface area (Å²) in [5.41, 5.74) is 0. The summed E-state index contributed by atoms with van der Waals surface area (Å²) in [4.78, 5) is 16.7. The Hall–Kier alpha value is -1.46. The molecule has 0 aliphatic carbocycles. The van der Waals surface area contributed by atoms with Crippen molar-refractivity contribution in [3.8, 4) is 0 Å². The molecule has 6 nitrogen and oxygen atoms in total. The minimum Gasteiger partial charge on any atom is -0.652 e. The summed E-state index contributed by atoms with van der Waals surface area (Å²) in [6, 6.07) is 0. The summed E-state index contributed by atoms with van der Waals surface area (Å²) in [5.74, 6) is 1.91. The van der Waals surface area contributed by atoms with E-state index in [0.717, 1.165) is 11.8 Å². The molecule has 24 heavy (non-hydrogen) atoms. The number of rotatable bonds is 8. The smallest absolute Gasteiger partial charge is 0.0431 e. The molecule has 0 heterocycles. The van der Waals surface area contributed by atoms with Gasteiger partial charge in [0.1, 0.15) is 0 Å². The lowest BCUT2D eigenvalue weighted by Gasteiger charge is -2.04. The van der Waals surface area contributed by atoms with Crippen LogP contribution in [0, 0.1) is 11.8 Å². The Kier molecular flexibility index (Phi) is 33.5. The van der Waals surface area contributed by atoms with Gasteiger partial charge in [-0.2, -0.15) is 0 Å². The fourth-order valence-electron chi connectivity index (χ4n) is 1.51. The summed E-state index contributed by atoms with van der Waals surface area (Å²) < 4.78 is 0. The fourth-order valence-corrected chi connectivity index (χ4v) is 1.51. The molecule has 0 aliphatic rings. The first kappa shape index (κ1) is 30.4. The second kappa shape index (κ2) is 26.4. The maximum Gasteiger partial charge on any atom is -0.0431 e. The van der Waals surface area contributed by atoms with Crippen LogP contribution in [0.25, 0.3) is 0 Å². The van der Waals surface area contributed by atoms with E-state index in [1.807, 2.05) is 0 Å². The lowest BCUT2D eigenvalue weighted by atomic mass is 10.0. The van der Waals surface area contributed by atoms with Crippen molar-refractivity contribution >= 4 is 12.3 Å². The van der Waals surface area contributed by atoms with Crippen LogP contribution < -0.4 is 20.4 Å². The molecule has 0 aromatic rings. The third-order valence-electron chi connectivity index (χ3n) is 3.49. The molecule has 0 spiro atoms. The standard InChI is InChI=1S/2C8H18.2CH2O3/c2*1-4-6-7-8(3)5-2;2*2-1(3)4/h2*8H,4-7H2,1-3H3;2*(H2,2,3,4)/p-4. The number of hydrogen-bond donors (Lipinski definition) is 0. The van der Waals surface area contributed by atoms with Crippen molar-refractivity contribution in [3.05, 3.63) is 0 Å². The van der Waals surface area contributed by atoms with Gasteiger partial charge in [-0.1, -0.05) is 92.9 Å². The minimum absolute atomic E-state index is 0.954. The van der Waals surface area contributed by atoms with Crippen LogP contribution in [-0.2, 0) is 0 Å². The largest absolute Gasteiger partial charge is 0.652 e. The molecule has 2 unspecified atom stereocenters. The molecule has 0 radical (unpaired) electrons. The quantitative estimate of drug-likeness (QED) is 0.655. The van der Waals surface area contributed by atoms with E-state index < -0.39 is 12.3 Å². The summed E-state index contributed by atoms with van der Waals surface area (Å²) in [6.45, 7) is 13.7. The lowest BCUT2D eigenvalue weighted by Crippen LogP contribution is -2.37. The first-order chi connectivity index (χ1) is 11.1. The number of carboxylic acid groups (broad SMARTS) is 4. The van der Waals surface area contributed by atoms with Gasteiger partial charge in [-0.15, -0.1) is 0 Å². The second-order valence-corrected chi connectivity index (χ2v) is 5.81. The molecule has 148 valence electrons. The van der Waals surface area contributed by atoms with Gasteiger partial charge < -0.3 is 30.0 Å². The van der Waals surface area contributed by atoms with E-state index in [2.05, 4.69) is 41.5 Å². The number of carbonyl (C=O) groups excluding carboxylic acids is 2. The van der Waals surface area contributed by atoms with Crippen LogP contribution in [0.2, 0.25) is 0 Å². The van der Waals surface area contributed by atoms with Gasteiger partial charge in [0.2, 0.25) is 0 Å². The number of unbranched alkanes of at least 4 members (excludes halogenated alkanes) is 2. The van der Waals surface area contributed by atoms with Crippen LogP contribution in [0.4, 0.5) is 9.59 Å². The van der Waals surface area contributed by atoms with Gasteiger partial charge in [0.25, 0.3) is 0 Å². The van der Waals surface area contributed by atoms with Crippen molar-refractivity contribution in [2.45, 2.75) is 92.9 Å². The van der Waals surface area contributed by atoms with Crippen molar-refractivity contribution in [3.63, 3.8) is 0 Å². The molecule has 0 fully saturated rings. The second-order valence-electron chi connectivity index (χ2n) is 5.81. The van der Waals surface area contributed by atoms with Gasteiger partial charge in [0, 0.05) is 0 Å². The lowest BCUT2D eigenvalue weighted by molar-refractivity contribution is -0.417. The van der Waals surface area contributed by atoms with E-state index in [1.165, 1.54) is 51.4 Å². The zero-order valence-electron chi connectivity index (χ0n) is 16.3. The molecule has 6 heteroatoms. The third-order valence-corrected chi connectivity index (χ3v) is 3.49. The molecular weight excluding hydrogens is 312 g/mol. The molecule has 0 aromatic carbocycles. The molecule has 0 bridgehead atoms. The highest BCUT2D eigenvalue weighted by atomic mass is 16.6. The van der Waals surface area contributed by atoms with Crippen molar-refractivity contribution in [2.24, 2.45) is 11.8 Å². The summed E-state index contributed by atoms with van der Waals surface area (Å²) in [7, 11) is 0. The molecule has 0 aliphatic heterocycles. The third kappa shape index (κ3) is 70.6. The van der Waals surface area contributed by atoms with E-state index in [4.69, 9.17) is 30.0 Å². The highest BCUT2D eigenvalue weighted by Crippen LogP contribution is 2.10. The van der Waals surface area contributed by atoms with E-state index in [-0.39, 0.29) is 0 Å². The van der Waals surface area contributed by atoms with Crippen molar-refractivity contribution in [1.29, 1.82) is 0 Å². The number of carbonyl (C=O) groups is 2. The van der Waals surface area contributed by atoms with Gasteiger partial charge >= 0.3 is 0 Å². The van der Waals surface area contributed by atoms with Crippen molar-refractivity contribution in [2.75, 3.05) is 0 Å². The zero-order valence-corrected chi connectivity index (χ0v) is 16.3. The van der Waals surface area contributed by atoms with Crippen LogP contribution >= 0.6 is 0 Å². The van der Waals surface area contributed by atoms with Gasteiger partial charge in [0.05, 0.1) is 0 Å². The predicted molar refractivity (Wildman–Crippen MR) is 88.8 cm³/mol. The summed E-state index contributed by atoms with van der Waals surface area (Å²) >= 11 is 0. The van der Waals surface area contributed by atoms with Crippen LogP contribution in [0.5, 0.6) is 0 Å². The molecule has 0 saturated carbocycles. The maximum atomic E-state index is 8.33. The van der Waals surface area contributed by atoms with Gasteiger partial charge in [-0.05, 0) is 24.1 Å². The van der Waals surface area contributed by atoms with Crippen molar-refractivity contribution < 1.29 is 30.0 Å². The molecule has 0 N–H and O–H groups in total. The molecule has 0 rings (SSSR count). The maximum absolute atomic E-state index is 8.33. The topological polar surface area (TPSA) is 126 Å². The van der Waals surface area contributed by atoms with Gasteiger partial charge in [-0.25, -0.2) is 0 Å². The van der Waals surface area contributed by atoms with Gasteiger partial charge in [0.15, 0.2) is 0 Å². The van der Waals surface area contributed by atoms with Crippen LogP contribution in [0.3, 0.4) is 0 Å². The minimum atomic E-state index is -2.33. The van der Waals surface area contributed by atoms with E-state index in [9.17, 15) is 0 Å². The highest BCUT2D eigenvalue weighted by molar-refractivity contribution is 5.47. The first-order valence-electron chi connectivity index (χ1n) is 8.84. The fraction of sp³-hybridized carbons (Fsp3) is 0.889. The Morgan fingerprint density at radius 2 is 0.875 bits per heavy atom. The summed E-state index contributed by atoms with van der Waals surface area (Å²) in [5, 5.41) is 33.3. The molecular formula is C18H36O6-4.